The van der Waals surface area contributed by atoms with Crippen LogP contribution < -0.4 is 9.47 Å². The molecule has 0 aliphatic carbocycles. The Kier molecular flexibility index (Phi) is 6.40. The van der Waals surface area contributed by atoms with E-state index in [4.69, 9.17) is 14.0 Å². The molecule has 8 nitrogen and oxygen atoms in total. The van der Waals surface area contributed by atoms with Crippen LogP contribution in [0.5, 0.6) is 11.5 Å². The van der Waals surface area contributed by atoms with Gasteiger partial charge >= 0.3 is 11.9 Å². The number of carbonyl (C=O) groups is 2. The first-order valence-corrected chi connectivity index (χ1v) is 10.4. The maximum absolute atomic E-state index is 13.3. The molecule has 0 atom stereocenters. The number of aromatic nitrogens is 2. The molecule has 0 amide bonds. The third-order valence-corrected chi connectivity index (χ3v) is 5.19. The van der Waals surface area contributed by atoms with Gasteiger partial charge in [0.15, 0.2) is 11.5 Å². The molecule has 2 heterocycles. The zero-order valence-corrected chi connectivity index (χ0v) is 19.1. The summed E-state index contributed by atoms with van der Waals surface area (Å²) in [5.41, 5.74) is 4.22. The fourth-order valence-electron chi connectivity index (χ4n) is 3.39. The molecule has 0 radical (unpaired) electrons. The van der Waals surface area contributed by atoms with Crippen LogP contribution in [0.4, 0.5) is 0 Å². The number of pyridine rings is 1. The number of nitrogens with zero attached hydrogens (tertiary/aromatic N) is 2. The molecule has 4 rings (SSSR count). The normalized spacial score (nSPS) is 11.1. The third-order valence-electron chi connectivity index (χ3n) is 5.19. The second-order valence-corrected chi connectivity index (χ2v) is 7.53. The average molecular weight is 458 g/mol. The zero-order chi connectivity index (χ0) is 24.2. The van der Waals surface area contributed by atoms with E-state index < -0.39 is 11.9 Å². The van der Waals surface area contributed by atoms with Gasteiger partial charge in [-0.3, -0.25) is 0 Å². The van der Waals surface area contributed by atoms with Crippen molar-refractivity contribution in [1.29, 1.82) is 0 Å². The van der Waals surface area contributed by atoms with Crippen molar-refractivity contribution in [3.8, 4) is 22.8 Å². The first-order chi connectivity index (χ1) is 16.4. The van der Waals surface area contributed by atoms with Gasteiger partial charge in [-0.2, -0.15) is 0 Å². The highest BCUT2D eigenvalue weighted by molar-refractivity contribution is 6.05. The number of esters is 2. The van der Waals surface area contributed by atoms with Crippen LogP contribution in [-0.2, 0) is 9.53 Å². The lowest BCUT2D eigenvalue weighted by Crippen LogP contribution is -2.11. The van der Waals surface area contributed by atoms with Gasteiger partial charge in [0, 0.05) is 11.6 Å². The van der Waals surface area contributed by atoms with E-state index in [9.17, 15) is 9.59 Å². The molecule has 34 heavy (non-hydrogen) atoms. The summed E-state index contributed by atoms with van der Waals surface area (Å²) in [6, 6.07) is 14.4. The minimum absolute atomic E-state index is 0.221. The molecule has 0 unspecified atom stereocenters. The number of ether oxygens (including phenoxy) is 3. The molecular formula is C26H22N2O6. The van der Waals surface area contributed by atoms with E-state index in [1.165, 1.54) is 20.3 Å². The molecule has 0 fully saturated rings. The molecule has 0 spiro atoms. The first kappa shape index (κ1) is 22.7. The number of methoxy groups -OCH3 is 2. The predicted octanol–water partition coefficient (Wildman–Crippen LogP) is 4.92. The molecule has 172 valence electrons. The summed E-state index contributed by atoms with van der Waals surface area (Å²) in [5, 5.41) is 4.45. The van der Waals surface area contributed by atoms with Crippen molar-refractivity contribution in [2.75, 3.05) is 14.2 Å². The molecule has 2 aromatic heterocycles. The molecule has 0 aliphatic heterocycles. The first-order valence-electron chi connectivity index (χ1n) is 10.4. The van der Waals surface area contributed by atoms with Crippen LogP contribution >= 0.6 is 0 Å². The van der Waals surface area contributed by atoms with Crippen molar-refractivity contribution in [1.82, 2.24) is 10.1 Å². The minimum atomic E-state index is -0.608. The quantitative estimate of drug-likeness (QED) is 0.228. The van der Waals surface area contributed by atoms with Gasteiger partial charge in [0.05, 0.1) is 36.6 Å². The number of carbonyl (C=O) groups excluding carboxylic acids is 2. The molecule has 0 bridgehead atoms. The molecular weight excluding hydrogens is 436 g/mol. The molecule has 2 aromatic carbocycles. The number of fused-ring (bicyclic) bond motifs is 1. The highest BCUT2D eigenvalue weighted by Gasteiger charge is 2.22. The Balaban J connectivity index is 1.70. The molecule has 8 heteroatoms. The molecule has 4 aromatic rings. The monoisotopic (exact) mass is 458 g/mol. The average Bonchev–Trinajstić information content (AvgIpc) is 3.23. The maximum atomic E-state index is 13.3. The fraction of sp³-hybridized carbons (Fsp3) is 0.154. The standard InChI is InChI=1S/C26H22N2O6/c1-15-5-9-18(10-6-15)20-14-19(24-16(2)28-34-25(24)27-20)26(30)33-21-11-7-17(13-22(21)31-3)8-12-23(29)32-4/h5-14H,1-4H3/b12-8+. The summed E-state index contributed by atoms with van der Waals surface area (Å²) in [6.07, 6.45) is 2.86. The van der Waals surface area contributed by atoms with Crippen molar-refractivity contribution >= 4 is 29.1 Å². The van der Waals surface area contributed by atoms with Crippen LogP contribution in [-0.4, -0.2) is 36.3 Å². The van der Waals surface area contributed by atoms with Crippen molar-refractivity contribution in [2.24, 2.45) is 0 Å². The molecule has 0 aliphatic rings. The van der Waals surface area contributed by atoms with Crippen molar-refractivity contribution in [3.05, 3.63) is 77.0 Å². The number of hydrogen-bond acceptors (Lipinski definition) is 8. The fourth-order valence-corrected chi connectivity index (χ4v) is 3.39. The van der Waals surface area contributed by atoms with Gasteiger partial charge in [-0.05, 0) is 43.7 Å². The predicted molar refractivity (Wildman–Crippen MR) is 126 cm³/mol. The lowest BCUT2D eigenvalue weighted by molar-refractivity contribution is -0.134. The van der Waals surface area contributed by atoms with Crippen LogP contribution in [0.2, 0.25) is 0 Å². The van der Waals surface area contributed by atoms with Gasteiger partial charge in [0.1, 0.15) is 0 Å². The summed E-state index contributed by atoms with van der Waals surface area (Å²) < 4.78 is 21.0. The Hall–Kier alpha value is -4.46. The number of benzene rings is 2. The van der Waals surface area contributed by atoms with Gasteiger partial charge in [-0.15, -0.1) is 0 Å². The van der Waals surface area contributed by atoms with Gasteiger partial charge in [-0.1, -0.05) is 41.1 Å². The van der Waals surface area contributed by atoms with Crippen LogP contribution in [0.25, 0.3) is 28.4 Å². The van der Waals surface area contributed by atoms with Crippen LogP contribution in [0.15, 0.2) is 59.1 Å². The van der Waals surface area contributed by atoms with E-state index in [2.05, 4.69) is 14.9 Å². The maximum Gasteiger partial charge on any atom is 0.344 e. The van der Waals surface area contributed by atoms with Gasteiger partial charge in [-0.25, -0.2) is 14.6 Å². The summed E-state index contributed by atoms with van der Waals surface area (Å²) >= 11 is 0. The Morgan fingerprint density at radius 2 is 1.74 bits per heavy atom. The van der Waals surface area contributed by atoms with Gasteiger partial charge in [0.2, 0.25) is 0 Å². The van der Waals surface area contributed by atoms with E-state index in [1.807, 2.05) is 31.2 Å². The van der Waals surface area contributed by atoms with E-state index in [0.29, 0.717) is 28.1 Å². The smallest absolute Gasteiger partial charge is 0.344 e. The van der Waals surface area contributed by atoms with E-state index in [0.717, 1.165) is 11.1 Å². The molecule has 0 saturated carbocycles. The number of hydrogen-bond donors (Lipinski definition) is 0. The second kappa shape index (κ2) is 9.58. The second-order valence-electron chi connectivity index (χ2n) is 7.53. The van der Waals surface area contributed by atoms with Crippen LogP contribution in [0.1, 0.15) is 27.2 Å². The van der Waals surface area contributed by atoms with E-state index in [1.54, 1.807) is 37.3 Å². The Bertz CT molecular complexity index is 1400. The largest absolute Gasteiger partial charge is 0.493 e. The van der Waals surface area contributed by atoms with Crippen LogP contribution in [0, 0.1) is 13.8 Å². The lowest BCUT2D eigenvalue weighted by atomic mass is 10.0. The Labute approximate surface area is 195 Å². The number of rotatable bonds is 6. The Morgan fingerprint density at radius 1 is 0.971 bits per heavy atom. The molecule has 0 saturated heterocycles. The van der Waals surface area contributed by atoms with Crippen molar-refractivity contribution in [3.63, 3.8) is 0 Å². The zero-order valence-electron chi connectivity index (χ0n) is 19.1. The third kappa shape index (κ3) is 4.66. The van der Waals surface area contributed by atoms with Crippen molar-refractivity contribution < 1.29 is 28.3 Å². The molecule has 0 N–H and O–H groups in total. The Morgan fingerprint density at radius 3 is 2.44 bits per heavy atom. The highest BCUT2D eigenvalue weighted by Crippen LogP contribution is 2.32. The van der Waals surface area contributed by atoms with Crippen LogP contribution in [0.3, 0.4) is 0 Å². The van der Waals surface area contributed by atoms with E-state index in [-0.39, 0.29) is 17.0 Å². The SMILES string of the molecule is COC(=O)/C=C/c1ccc(OC(=O)c2cc(-c3ccc(C)cc3)nc3onc(C)c23)c(OC)c1. The van der Waals surface area contributed by atoms with Gasteiger partial charge < -0.3 is 18.7 Å². The summed E-state index contributed by atoms with van der Waals surface area (Å²) in [7, 11) is 2.76. The van der Waals surface area contributed by atoms with Gasteiger partial charge in [0.25, 0.3) is 5.71 Å². The summed E-state index contributed by atoms with van der Waals surface area (Å²) in [5.74, 6) is -0.544. The minimum Gasteiger partial charge on any atom is -0.493 e. The lowest BCUT2D eigenvalue weighted by Gasteiger charge is -2.11. The highest BCUT2D eigenvalue weighted by atomic mass is 16.6. The van der Waals surface area contributed by atoms with E-state index >= 15 is 0 Å². The summed E-state index contributed by atoms with van der Waals surface area (Å²) in [6.45, 7) is 3.73. The summed E-state index contributed by atoms with van der Waals surface area (Å²) in [4.78, 5) is 29.1. The number of aryl methyl sites for hydroxylation is 2. The van der Waals surface area contributed by atoms with Crippen molar-refractivity contribution in [2.45, 2.75) is 13.8 Å². The topological polar surface area (TPSA) is 101 Å².